The molecular weight excluding hydrogens is 230 g/mol. The molecule has 0 aromatic rings. The monoisotopic (exact) mass is 257 g/mol. The lowest BCUT2D eigenvalue weighted by Gasteiger charge is -2.35. The zero-order valence-electron chi connectivity index (χ0n) is 11.1. The highest BCUT2D eigenvalue weighted by molar-refractivity contribution is 8.00. The minimum absolute atomic E-state index is 0.0247. The van der Waals surface area contributed by atoms with Crippen molar-refractivity contribution in [1.29, 1.82) is 0 Å². The third kappa shape index (κ3) is 3.62. The number of aliphatic hydroxyl groups is 1. The molecule has 2 aliphatic rings. The quantitative estimate of drug-likeness (QED) is 0.735. The summed E-state index contributed by atoms with van der Waals surface area (Å²) in [6.07, 6.45) is 9.64. The fourth-order valence-corrected chi connectivity index (χ4v) is 4.66. The van der Waals surface area contributed by atoms with E-state index < -0.39 is 0 Å². The van der Waals surface area contributed by atoms with Crippen molar-refractivity contribution in [1.82, 2.24) is 5.32 Å². The van der Waals surface area contributed by atoms with Crippen LogP contribution in [0.2, 0.25) is 0 Å². The second kappa shape index (κ2) is 6.44. The van der Waals surface area contributed by atoms with Crippen LogP contribution in [-0.4, -0.2) is 34.8 Å². The normalized spacial score (nSPS) is 25.8. The lowest BCUT2D eigenvalue weighted by molar-refractivity contribution is 0.161. The van der Waals surface area contributed by atoms with Gasteiger partial charge in [-0.2, -0.15) is 11.8 Å². The molecule has 0 radical (unpaired) electrons. The highest BCUT2D eigenvalue weighted by Crippen LogP contribution is 2.42. The highest BCUT2D eigenvalue weighted by atomic mass is 32.2. The Labute approximate surface area is 110 Å². The molecule has 2 N–H and O–H groups in total. The van der Waals surface area contributed by atoms with E-state index in [1.165, 1.54) is 44.9 Å². The van der Waals surface area contributed by atoms with Gasteiger partial charge in [0, 0.05) is 11.0 Å². The van der Waals surface area contributed by atoms with E-state index in [1.54, 1.807) is 0 Å². The highest BCUT2D eigenvalue weighted by Gasteiger charge is 2.44. The maximum Gasteiger partial charge on any atom is 0.0624 e. The average molecular weight is 257 g/mol. The molecule has 100 valence electrons. The van der Waals surface area contributed by atoms with Gasteiger partial charge in [-0.1, -0.05) is 26.2 Å². The second-order valence-electron chi connectivity index (χ2n) is 5.69. The Balaban J connectivity index is 1.83. The van der Waals surface area contributed by atoms with Crippen LogP contribution in [-0.2, 0) is 0 Å². The zero-order valence-corrected chi connectivity index (χ0v) is 11.9. The summed E-state index contributed by atoms with van der Waals surface area (Å²) >= 11 is 2.11. The first kappa shape index (κ1) is 13.7. The van der Waals surface area contributed by atoms with Crippen molar-refractivity contribution in [3.05, 3.63) is 0 Å². The third-order valence-corrected chi connectivity index (χ3v) is 5.92. The summed E-state index contributed by atoms with van der Waals surface area (Å²) in [6.45, 7) is 3.44. The van der Waals surface area contributed by atoms with Gasteiger partial charge >= 0.3 is 0 Å². The number of hydrogen-bond donors (Lipinski definition) is 2. The number of rotatable bonds is 7. The molecule has 0 aliphatic heterocycles. The molecule has 3 heteroatoms. The summed E-state index contributed by atoms with van der Waals surface area (Å²) in [7, 11) is 0. The van der Waals surface area contributed by atoms with E-state index >= 15 is 0 Å². The van der Waals surface area contributed by atoms with Crippen LogP contribution in [0.1, 0.15) is 51.9 Å². The first-order valence-corrected chi connectivity index (χ1v) is 8.33. The van der Waals surface area contributed by atoms with E-state index in [0.29, 0.717) is 6.61 Å². The topological polar surface area (TPSA) is 32.3 Å². The summed E-state index contributed by atoms with van der Waals surface area (Å²) in [4.78, 5) is 0. The summed E-state index contributed by atoms with van der Waals surface area (Å²) in [5.74, 6) is 1.83. The van der Waals surface area contributed by atoms with Gasteiger partial charge in [0.15, 0.2) is 0 Å². The van der Waals surface area contributed by atoms with Gasteiger partial charge in [0.05, 0.1) is 12.1 Å². The smallest absolute Gasteiger partial charge is 0.0624 e. The molecule has 2 saturated carbocycles. The molecule has 0 amide bonds. The molecule has 2 aliphatic carbocycles. The maximum absolute atomic E-state index is 9.77. The molecule has 2 nitrogen and oxygen atoms in total. The van der Waals surface area contributed by atoms with Crippen LogP contribution in [0.15, 0.2) is 0 Å². The molecule has 1 unspecified atom stereocenters. The Bertz CT molecular complexity index is 226. The number of aliphatic hydroxyl groups excluding tert-OH is 1. The predicted molar refractivity (Wildman–Crippen MR) is 75.5 cm³/mol. The van der Waals surface area contributed by atoms with Crippen molar-refractivity contribution in [2.45, 2.75) is 62.7 Å². The Kier molecular flexibility index (Phi) is 5.19. The van der Waals surface area contributed by atoms with Gasteiger partial charge in [0.25, 0.3) is 0 Å². The Morgan fingerprint density at radius 3 is 2.41 bits per heavy atom. The van der Waals surface area contributed by atoms with Crippen molar-refractivity contribution < 1.29 is 5.11 Å². The van der Waals surface area contributed by atoms with Crippen molar-refractivity contribution >= 4 is 11.8 Å². The van der Waals surface area contributed by atoms with Crippen LogP contribution in [0.25, 0.3) is 0 Å². The largest absolute Gasteiger partial charge is 0.394 e. The van der Waals surface area contributed by atoms with Gasteiger partial charge in [0.1, 0.15) is 0 Å². The summed E-state index contributed by atoms with van der Waals surface area (Å²) in [5.41, 5.74) is 0.0247. The lowest BCUT2D eigenvalue weighted by atomic mass is 9.97. The fraction of sp³-hybridized carbons (Fsp3) is 1.00. The van der Waals surface area contributed by atoms with Crippen LogP contribution in [0.3, 0.4) is 0 Å². The van der Waals surface area contributed by atoms with E-state index in [9.17, 15) is 5.11 Å². The Hall–Kier alpha value is 0.270. The van der Waals surface area contributed by atoms with Crippen LogP contribution < -0.4 is 5.32 Å². The van der Waals surface area contributed by atoms with E-state index in [0.717, 1.165) is 23.5 Å². The van der Waals surface area contributed by atoms with E-state index in [2.05, 4.69) is 24.0 Å². The molecular formula is C14H27NOS. The molecule has 0 heterocycles. The molecule has 0 saturated heterocycles. The summed E-state index contributed by atoms with van der Waals surface area (Å²) in [5, 5.41) is 14.2. The number of thioether (sulfide) groups is 1. The van der Waals surface area contributed by atoms with Gasteiger partial charge in [-0.3, -0.25) is 0 Å². The zero-order chi connectivity index (χ0) is 12.1. The van der Waals surface area contributed by atoms with E-state index in [1.807, 2.05) is 0 Å². The number of likely N-dealkylation sites (N-methyl/N-ethyl adjacent to an activating group) is 1. The Morgan fingerprint density at radius 2 is 1.88 bits per heavy atom. The van der Waals surface area contributed by atoms with Crippen molar-refractivity contribution in [2.75, 3.05) is 18.9 Å². The van der Waals surface area contributed by atoms with Gasteiger partial charge < -0.3 is 10.4 Å². The molecule has 0 spiro atoms. The second-order valence-corrected chi connectivity index (χ2v) is 6.98. The fourth-order valence-electron chi connectivity index (χ4n) is 3.03. The van der Waals surface area contributed by atoms with Crippen LogP contribution in [0.4, 0.5) is 0 Å². The minimum Gasteiger partial charge on any atom is -0.394 e. The van der Waals surface area contributed by atoms with Gasteiger partial charge in [-0.15, -0.1) is 0 Å². The van der Waals surface area contributed by atoms with Crippen molar-refractivity contribution in [2.24, 2.45) is 5.92 Å². The maximum atomic E-state index is 9.77. The third-order valence-electron chi connectivity index (χ3n) is 4.30. The SMILES string of the molecule is CCNC(CO)(CSC1CCCCC1)C1CC1. The standard InChI is InChI=1S/C14H27NOS/c1-2-15-14(10-16,12-8-9-12)11-17-13-6-4-3-5-7-13/h12-13,15-16H,2-11H2,1H3. The Morgan fingerprint density at radius 1 is 1.18 bits per heavy atom. The predicted octanol–water partition coefficient (Wildman–Crippen LogP) is 2.80. The number of nitrogens with one attached hydrogen (secondary N) is 1. The van der Waals surface area contributed by atoms with Crippen molar-refractivity contribution in [3.8, 4) is 0 Å². The van der Waals surface area contributed by atoms with Crippen LogP contribution in [0, 0.1) is 5.92 Å². The first-order valence-electron chi connectivity index (χ1n) is 7.28. The lowest BCUT2D eigenvalue weighted by Crippen LogP contribution is -2.53. The summed E-state index contributed by atoms with van der Waals surface area (Å²) in [6, 6.07) is 0. The van der Waals surface area contributed by atoms with E-state index in [4.69, 9.17) is 0 Å². The summed E-state index contributed by atoms with van der Waals surface area (Å²) < 4.78 is 0. The molecule has 2 fully saturated rings. The average Bonchev–Trinajstić information content (AvgIpc) is 3.20. The first-order chi connectivity index (χ1) is 8.30. The molecule has 17 heavy (non-hydrogen) atoms. The number of hydrogen-bond acceptors (Lipinski definition) is 3. The van der Waals surface area contributed by atoms with Crippen LogP contribution >= 0.6 is 11.8 Å². The van der Waals surface area contributed by atoms with Gasteiger partial charge in [0.2, 0.25) is 0 Å². The van der Waals surface area contributed by atoms with Crippen molar-refractivity contribution in [3.63, 3.8) is 0 Å². The van der Waals surface area contributed by atoms with Gasteiger partial charge in [-0.25, -0.2) is 0 Å². The molecule has 2 rings (SSSR count). The molecule has 0 aromatic carbocycles. The molecule has 0 bridgehead atoms. The van der Waals surface area contributed by atoms with Crippen LogP contribution in [0.5, 0.6) is 0 Å². The minimum atomic E-state index is 0.0247. The molecule has 0 aromatic heterocycles. The van der Waals surface area contributed by atoms with Gasteiger partial charge in [-0.05, 0) is 38.1 Å². The van der Waals surface area contributed by atoms with E-state index in [-0.39, 0.29) is 5.54 Å². The molecule has 1 atom stereocenters.